The highest BCUT2D eigenvalue weighted by atomic mass is 16.7. The molecule has 0 spiro atoms. The van der Waals surface area contributed by atoms with Crippen molar-refractivity contribution in [2.24, 2.45) is 0 Å². The molecule has 84 valence electrons. The van der Waals surface area contributed by atoms with Gasteiger partial charge in [0.05, 0.1) is 6.61 Å². The number of ether oxygens (including phenoxy) is 2. The maximum atomic E-state index is 11.0. The first-order valence-corrected chi connectivity index (χ1v) is 3.90. The summed E-state index contributed by atoms with van der Waals surface area (Å²) in [6, 6.07) is 0. The number of carbonyl (C=O) groups is 3. The quantitative estimate of drug-likeness (QED) is 0.364. The van der Waals surface area contributed by atoms with Gasteiger partial charge < -0.3 is 24.8 Å². The van der Waals surface area contributed by atoms with Crippen LogP contribution in [0.15, 0.2) is 0 Å². The Hall–Kier alpha value is -1.67. The molecule has 0 amide bonds. The lowest BCUT2D eigenvalue weighted by molar-refractivity contribution is -0.152. The van der Waals surface area contributed by atoms with Crippen molar-refractivity contribution >= 4 is 17.9 Å². The number of aliphatic hydroxyl groups is 2. The molecule has 15 heavy (non-hydrogen) atoms. The molecule has 1 unspecified atom stereocenters. The Morgan fingerprint density at radius 3 is 2.60 bits per heavy atom. The molecular formula is C7H8O8. The lowest BCUT2D eigenvalue weighted by Gasteiger charge is -2.18. The van der Waals surface area contributed by atoms with Crippen LogP contribution in [0.1, 0.15) is 0 Å². The van der Waals surface area contributed by atoms with E-state index in [1.165, 1.54) is 0 Å². The number of hydrogen-bond donors (Lipinski definition) is 3. The van der Waals surface area contributed by atoms with E-state index in [1.807, 2.05) is 0 Å². The number of carbonyl (C=O) groups excluding carboxylic acids is 2. The topological polar surface area (TPSA) is 130 Å². The van der Waals surface area contributed by atoms with Crippen molar-refractivity contribution in [2.75, 3.05) is 6.61 Å². The first kappa shape index (κ1) is 11.4. The molecule has 0 saturated carbocycles. The molecule has 0 aromatic heterocycles. The van der Waals surface area contributed by atoms with Gasteiger partial charge >= 0.3 is 12.1 Å². The maximum absolute atomic E-state index is 11.0. The summed E-state index contributed by atoms with van der Waals surface area (Å²) in [5, 5.41) is 26.0. The zero-order valence-electron chi connectivity index (χ0n) is 7.32. The molecular weight excluding hydrogens is 212 g/mol. The van der Waals surface area contributed by atoms with E-state index in [2.05, 4.69) is 9.47 Å². The van der Waals surface area contributed by atoms with E-state index in [-0.39, 0.29) is 0 Å². The number of cyclic esters (lactones) is 1. The molecule has 0 bridgehead atoms. The van der Waals surface area contributed by atoms with E-state index in [0.29, 0.717) is 0 Å². The molecule has 1 aliphatic heterocycles. The molecule has 1 aliphatic rings. The third-order valence-corrected chi connectivity index (χ3v) is 1.80. The lowest BCUT2D eigenvalue weighted by Crippen LogP contribution is -2.41. The molecule has 3 N–H and O–H groups in total. The van der Waals surface area contributed by atoms with Gasteiger partial charge in [-0.3, -0.25) is 4.79 Å². The Bertz CT molecular complexity index is 297. The van der Waals surface area contributed by atoms with E-state index >= 15 is 0 Å². The first-order valence-electron chi connectivity index (χ1n) is 3.90. The van der Waals surface area contributed by atoms with Gasteiger partial charge in [0, 0.05) is 0 Å². The second-order valence-corrected chi connectivity index (χ2v) is 2.79. The number of Topliss-reactive ketones (excluding diaryl/α,β-unsaturated/α-hetero) is 1. The van der Waals surface area contributed by atoms with E-state index in [4.69, 9.17) is 15.3 Å². The largest absolute Gasteiger partial charge is 0.506 e. The van der Waals surface area contributed by atoms with Gasteiger partial charge in [0.25, 0.3) is 5.78 Å². The number of aliphatic hydroxyl groups excluding tert-OH is 2. The van der Waals surface area contributed by atoms with Crippen LogP contribution < -0.4 is 0 Å². The Kier molecular flexibility index (Phi) is 3.22. The van der Waals surface area contributed by atoms with Crippen molar-refractivity contribution in [1.29, 1.82) is 0 Å². The van der Waals surface area contributed by atoms with Crippen molar-refractivity contribution in [1.82, 2.24) is 0 Å². The van der Waals surface area contributed by atoms with Crippen LogP contribution in [0, 0.1) is 0 Å². The van der Waals surface area contributed by atoms with Crippen molar-refractivity contribution < 1.29 is 39.2 Å². The van der Waals surface area contributed by atoms with Crippen molar-refractivity contribution in [3.63, 3.8) is 0 Å². The van der Waals surface area contributed by atoms with Crippen LogP contribution in [0.2, 0.25) is 0 Å². The van der Waals surface area contributed by atoms with Crippen molar-refractivity contribution in [3.05, 3.63) is 0 Å². The summed E-state index contributed by atoms with van der Waals surface area (Å²) in [5.41, 5.74) is 0. The van der Waals surface area contributed by atoms with Crippen LogP contribution in [0.4, 0.5) is 4.79 Å². The van der Waals surface area contributed by atoms with Gasteiger partial charge in [-0.1, -0.05) is 0 Å². The average molecular weight is 220 g/mol. The van der Waals surface area contributed by atoms with E-state index < -0.39 is 42.8 Å². The maximum Gasteiger partial charge on any atom is 0.506 e. The van der Waals surface area contributed by atoms with Crippen LogP contribution in [0.5, 0.6) is 0 Å². The fourth-order valence-electron chi connectivity index (χ4n) is 1.12. The van der Waals surface area contributed by atoms with Crippen LogP contribution in [-0.2, 0) is 19.1 Å². The normalized spacial score (nSPS) is 27.3. The number of hydrogen-bond acceptors (Lipinski definition) is 7. The minimum Gasteiger partial charge on any atom is -0.450 e. The SMILES string of the molecule is O=C(O)OC1C(=O)C(=O)O[C@@H]1[C@@H](O)CO. The minimum absolute atomic E-state index is 0.787. The van der Waals surface area contributed by atoms with Crippen LogP contribution >= 0.6 is 0 Å². The predicted octanol–water partition coefficient (Wildman–Crippen LogP) is -2.10. The van der Waals surface area contributed by atoms with Gasteiger partial charge in [0.2, 0.25) is 6.10 Å². The smallest absolute Gasteiger partial charge is 0.450 e. The second-order valence-electron chi connectivity index (χ2n) is 2.79. The summed E-state index contributed by atoms with van der Waals surface area (Å²) in [6.45, 7) is -0.787. The van der Waals surface area contributed by atoms with Crippen molar-refractivity contribution in [3.8, 4) is 0 Å². The number of ketones is 1. The number of carboxylic acid groups (broad SMARTS) is 1. The van der Waals surface area contributed by atoms with E-state index in [9.17, 15) is 14.4 Å². The highest BCUT2D eigenvalue weighted by molar-refractivity contribution is 6.37. The number of rotatable bonds is 3. The summed E-state index contributed by atoms with van der Waals surface area (Å²) in [7, 11) is 0. The highest BCUT2D eigenvalue weighted by Gasteiger charge is 2.49. The minimum atomic E-state index is -1.78. The molecule has 0 aromatic carbocycles. The van der Waals surface area contributed by atoms with Gasteiger partial charge in [-0.15, -0.1) is 0 Å². The molecule has 1 fully saturated rings. The van der Waals surface area contributed by atoms with Crippen LogP contribution in [0.25, 0.3) is 0 Å². The summed E-state index contributed by atoms with van der Waals surface area (Å²) in [5.74, 6) is -2.49. The third kappa shape index (κ3) is 2.22. The zero-order chi connectivity index (χ0) is 11.6. The van der Waals surface area contributed by atoms with E-state index in [0.717, 1.165) is 0 Å². The molecule has 1 rings (SSSR count). The average Bonchev–Trinajstić information content (AvgIpc) is 2.44. The Morgan fingerprint density at radius 2 is 2.13 bits per heavy atom. The standard InChI is InChI=1S/C7H8O8/c8-1-2(9)4-5(15-7(12)13)3(10)6(11)14-4/h2,4-5,8-9H,1H2,(H,12,13)/t2-,4+,5?/m0/s1. The van der Waals surface area contributed by atoms with Crippen LogP contribution in [0.3, 0.4) is 0 Å². The Labute approximate surface area is 83.0 Å². The Morgan fingerprint density at radius 1 is 1.53 bits per heavy atom. The Balaban J connectivity index is 2.81. The third-order valence-electron chi connectivity index (χ3n) is 1.80. The van der Waals surface area contributed by atoms with Gasteiger partial charge in [-0.2, -0.15) is 0 Å². The molecule has 0 aromatic rings. The van der Waals surface area contributed by atoms with Gasteiger partial charge in [-0.25, -0.2) is 9.59 Å². The highest BCUT2D eigenvalue weighted by Crippen LogP contribution is 2.18. The second kappa shape index (κ2) is 4.24. The molecule has 8 nitrogen and oxygen atoms in total. The van der Waals surface area contributed by atoms with Crippen LogP contribution in [-0.4, -0.2) is 58.1 Å². The fourth-order valence-corrected chi connectivity index (χ4v) is 1.12. The molecule has 3 atom stereocenters. The number of esters is 1. The van der Waals surface area contributed by atoms with Crippen molar-refractivity contribution in [2.45, 2.75) is 18.3 Å². The molecule has 1 heterocycles. The molecule has 1 saturated heterocycles. The fraction of sp³-hybridized carbons (Fsp3) is 0.571. The monoisotopic (exact) mass is 220 g/mol. The summed E-state index contributed by atoms with van der Waals surface area (Å²) in [4.78, 5) is 32.0. The predicted molar refractivity (Wildman–Crippen MR) is 40.9 cm³/mol. The van der Waals surface area contributed by atoms with Gasteiger partial charge in [0.15, 0.2) is 6.10 Å². The first-order chi connectivity index (χ1) is 6.97. The molecule has 0 radical (unpaired) electrons. The summed E-state index contributed by atoms with van der Waals surface area (Å²) < 4.78 is 8.43. The van der Waals surface area contributed by atoms with Gasteiger partial charge in [0.1, 0.15) is 6.10 Å². The zero-order valence-corrected chi connectivity index (χ0v) is 7.32. The van der Waals surface area contributed by atoms with Gasteiger partial charge in [-0.05, 0) is 0 Å². The van der Waals surface area contributed by atoms with E-state index in [1.54, 1.807) is 0 Å². The molecule has 8 heteroatoms. The summed E-state index contributed by atoms with van der Waals surface area (Å²) in [6.07, 6.45) is -6.56. The molecule has 0 aliphatic carbocycles. The lowest BCUT2D eigenvalue weighted by atomic mass is 10.1. The summed E-state index contributed by atoms with van der Waals surface area (Å²) >= 11 is 0.